The Morgan fingerprint density at radius 3 is 2.68 bits per heavy atom. The summed E-state index contributed by atoms with van der Waals surface area (Å²) in [5, 5.41) is 13.2. The lowest BCUT2D eigenvalue weighted by atomic mass is 9.92. The molecule has 1 aliphatic heterocycles. The van der Waals surface area contributed by atoms with Gasteiger partial charge in [-0.1, -0.05) is 6.07 Å². The SMILES string of the molecule is COc1ccc(CC2(O)CCNC2)cc1C(F)(F)F. The molecule has 1 aliphatic rings. The van der Waals surface area contributed by atoms with E-state index in [1.54, 1.807) is 6.07 Å². The number of halogens is 3. The molecule has 3 nitrogen and oxygen atoms in total. The van der Waals surface area contributed by atoms with Crippen molar-refractivity contribution < 1.29 is 23.0 Å². The lowest BCUT2D eigenvalue weighted by Crippen LogP contribution is -2.33. The number of nitrogens with one attached hydrogen (secondary N) is 1. The first kappa shape index (κ1) is 14.1. The van der Waals surface area contributed by atoms with Gasteiger partial charge in [0.05, 0.1) is 18.3 Å². The van der Waals surface area contributed by atoms with Crippen LogP contribution in [0.1, 0.15) is 17.5 Å². The summed E-state index contributed by atoms with van der Waals surface area (Å²) in [4.78, 5) is 0. The summed E-state index contributed by atoms with van der Waals surface area (Å²) in [5.74, 6) is -0.201. The molecule has 0 saturated carbocycles. The minimum atomic E-state index is -4.46. The van der Waals surface area contributed by atoms with E-state index >= 15 is 0 Å². The molecule has 0 aromatic heterocycles. The molecule has 0 aliphatic carbocycles. The fourth-order valence-corrected chi connectivity index (χ4v) is 2.35. The van der Waals surface area contributed by atoms with Crippen molar-refractivity contribution >= 4 is 0 Å². The zero-order chi connectivity index (χ0) is 14.1. The van der Waals surface area contributed by atoms with E-state index in [0.29, 0.717) is 25.1 Å². The van der Waals surface area contributed by atoms with Gasteiger partial charge in [0.25, 0.3) is 0 Å². The number of methoxy groups -OCH3 is 1. The van der Waals surface area contributed by atoms with Crippen molar-refractivity contribution in [1.82, 2.24) is 5.32 Å². The molecular formula is C13H16F3NO2. The molecule has 0 radical (unpaired) electrons. The van der Waals surface area contributed by atoms with E-state index in [-0.39, 0.29) is 12.2 Å². The topological polar surface area (TPSA) is 41.5 Å². The van der Waals surface area contributed by atoms with Gasteiger partial charge in [-0.2, -0.15) is 13.2 Å². The Hall–Kier alpha value is -1.27. The number of alkyl halides is 3. The smallest absolute Gasteiger partial charge is 0.419 e. The predicted molar refractivity (Wildman–Crippen MR) is 64.1 cm³/mol. The van der Waals surface area contributed by atoms with E-state index in [2.05, 4.69) is 5.32 Å². The number of rotatable bonds is 3. The molecule has 0 bridgehead atoms. The summed E-state index contributed by atoms with van der Waals surface area (Å²) < 4.78 is 43.3. The molecular weight excluding hydrogens is 259 g/mol. The van der Waals surface area contributed by atoms with Crippen LogP contribution in [0.5, 0.6) is 5.75 Å². The average Bonchev–Trinajstić information content (AvgIpc) is 2.74. The van der Waals surface area contributed by atoms with Gasteiger partial charge in [0.15, 0.2) is 0 Å². The minimum absolute atomic E-state index is 0.201. The lowest BCUT2D eigenvalue weighted by molar-refractivity contribution is -0.138. The van der Waals surface area contributed by atoms with Crippen molar-refractivity contribution in [2.45, 2.75) is 24.6 Å². The Kier molecular flexibility index (Phi) is 3.73. The van der Waals surface area contributed by atoms with Crippen LogP contribution >= 0.6 is 0 Å². The highest BCUT2D eigenvalue weighted by Gasteiger charge is 2.36. The summed E-state index contributed by atoms with van der Waals surface area (Å²) >= 11 is 0. The summed E-state index contributed by atoms with van der Waals surface area (Å²) in [6, 6.07) is 3.91. The van der Waals surface area contributed by atoms with Gasteiger partial charge in [-0.3, -0.25) is 0 Å². The van der Waals surface area contributed by atoms with Crippen molar-refractivity contribution in [3.05, 3.63) is 29.3 Å². The summed E-state index contributed by atoms with van der Waals surface area (Å²) in [7, 11) is 1.21. The first-order valence-electron chi connectivity index (χ1n) is 6.01. The number of hydrogen-bond acceptors (Lipinski definition) is 3. The second-order valence-electron chi connectivity index (χ2n) is 4.86. The number of hydrogen-bond donors (Lipinski definition) is 2. The zero-order valence-electron chi connectivity index (χ0n) is 10.5. The van der Waals surface area contributed by atoms with Crippen LogP contribution in [0.2, 0.25) is 0 Å². The Morgan fingerprint density at radius 2 is 2.16 bits per heavy atom. The molecule has 1 aromatic rings. The molecule has 1 heterocycles. The third-order valence-corrected chi connectivity index (χ3v) is 3.32. The van der Waals surface area contributed by atoms with Crippen molar-refractivity contribution in [3.8, 4) is 5.75 Å². The second-order valence-corrected chi connectivity index (χ2v) is 4.86. The van der Waals surface area contributed by atoms with E-state index in [4.69, 9.17) is 4.74 Å². The van der Waals surface area contributed by atoms with Crippen molar-refractivity contribution in [3.63, 3.8) is 0 Å². The number of aliphatic hydroxyl groups is 1. The van der Waals surface area contributed by atoms with Crippen molar-refractivity contribution in [2.24, 2.45) is 0 Å². The van der Waals surface area contributed by atoms with Crippen molar-refractivity contribution in [1.29, 1.82) is 0 Å². The molecule has 1 fully saturated rings. The first-order valence-corrected chi connectivity index (χ1v) is 6.01. The Bertz CT molecular complexity index is 454. The van der Waals surface area contributed by atoms with Gasteiger partial charge in [0.2, 0.25) is 0 Å². The van der Waals surface area contributed by atoms with Crippen LogP contribution in [0, 0.1) is 0 Å². The van der Waals surface area contributed by atoms with Crippen LogP contribution in [0.15, 0.2) is 18.2 Å². The van der Waals surface area contributed by atoms with E-state index in [1.807, 2.05) is 0 Å². The first-order chi connectivity index (χ1) is 8.84. The number of ether oxygens (including phenoxy) is 1. The zero-order valence-corrected chi connectivity index (χ0v) is 10.5. The van der Waals surface area contributed by atoms with Gasteiger partial charge in [-0.05, 0) is 30.7 Å². The molecule has 1 unspecified atom stereocenters. The predicted octanol–water partition coefficient (Wildman–Crippen LogP) is 1.98. The fourth-order valence-electron chi connectivity index (χ4n) is 2.35. The summed E-state index contributed by atoms with van der Waals surface area (Å²) in [6.45, 7) is 1.08. The minimum Gasteiger partial charge on any atom is -0.496 e. The molecule has 19 heavy (non-hydrogen) atoms. The van der Waals surface area contributed by atoms with E-state index in [0.717, 1.165) is 6.07 Å². The average molecular weight is 275 g/mol. The molecule has 1 atom stereocenters. The molecule has 2 N–H and O–H groups in total. The van der Waals surface area contributed by atoms with Crippen LogP contribution < -0.4 is 10.1 Å². The lowest BCUT2D eigenvalue weighted by Gasteiger charge is -2.22. The van der Waals surface area contributed by atoms with Crippen molar-refractivity contribution in [2.75, 3.05) is 20.2 Å². The van der Waals surface area contributed by atoms with Crippen LogP contribution in [0.25, 0.3) is 0 Å². The molecule has 0 spiro atoms. The molecule has 1 aromatic carbocycles. The number of benzene rings is 1. The van der Waals surface area contributed by atoms with Gasteiger partial charge in [-0.25, -0.2) is 0 Å². The fraction of sp³-hybridized carbons (Fsp3) is 0.538. The highest BCUT2D eigenvalue weighted by atomic mass is 19.4. The standard InChI is InChI=1S/C13H16F3NO2/c1-19-11-3-2-9(6-10(11)13(14,15)16)7-12(18)4-5-17-8-12/h2-3,6,17-18H,4-5,7-8H2,1H3. The molecule has 106 valence electrons. The number of β-amino-alcohol motifs (C(OH)–C–C–N with tert-alkyl or cyclic N) is 1. The Morgan fingerprint density at radius 1 is 1.42 bits per heavy atom. The largest absolute Gasteiger partial charge is 0.496 e. The maximum Gasteiger partial charge on any atom is 0.419 e. The van der Waals surface area contributed by atoms with E-state index < -0.39 is 17.3 Å². The normalized spacial score (nSPS) is 23.6. The maximum atomic E-state index is 12.9. The summed E-state index contributed by atoms with van der Waals surface area (Å²) in [5.41, 5.74) is -1.31. The van der Waals surface area contributed by atoms with Gasteiger partial charge in [-0.15, -0.1) is 0 Å². The second kappa shape index (κ2) is 5.02. The van der Waals surface area contributed by atoms with Gasteiger partial charge < -0.3 is 15.2 Å². The van der Waals surface area contributed by atoms with Crippen LogP contribution in [0.4, 0.5) is 13.2 Å². The molecule has 0 amide bonds. The maximum absolute atomic E-state index is 12.9. The Balaban J connectivity index is 2.28. The molecule has 2 rings (SSSR count). The highest BCUT2D eigenvalue weighted by molar-refractivity contribution is 5.39. The summed E-state index contributed by atoms with van der Waals surface area (Å²) in [6.07, 6.45) is -3.72. The van der Waals surface area contributed by atoms with Gasteiger partial charge in [0.1, 0.15) is 5.75 Å². The van der Waals surface area contributed by atoms with E-state index in [9.17, 15) is 18.3 Å². The monoisotopic (exact) mass is 275 g/mol. The molecule has 6 heteroatoms. The van der Waals surface area contributed by atoms with Gasteiger partial charge >= 0.3 is 6.18 Å². The third-order valence-electron chi connectivity index (χ3n) is 3.32. The molecule has 1 saturated heterocycles. The van der Waals surface area contributed by atoms with Crippen LogP contribution in [-0.4, -0.2) is 30.9 Å². The highest BCUT2D eigenvalue weighted by Crippen LogP contribution is 2.37. The Labute approximate surface area is 109 Å². The third kappa shape index (κ3) is 3.19. The quantitative estimate of drug-likeness (QED) is 0.886. The van der Waals surface area contributed by atoms with Crippen LogP contribution in [0.3, 0.4) is 0 Å². The van der Waals surface area contributed by atoms with E-state index in [1.165, 1.54) is 13.2 Å². The van der Waals surface area contributed by atoms with Crippen LogP contribution in [-0.2, 0) is 12.6 Å². The van der Waals surface area contributed by atoms with Gasteiger partial charge in [0, 0.05) is 13.0 Å².